The molecule has 0 atom stereocenters. The first-order valence-electron chi connectivity index (χ1n) is 13.7. The van der Waals surface area contributed by atoms with Gasteiger partial charge in [-0.15, -0.1) is 0 Å². The third kappa shape index (κ3) is 5.81. The SMILES string of the molecule is OO[Si](c1ccccc1)(c1ccccc1)c1ccccc1.OO[Si](c1ccccc1)(c1ccccc1)c1ccccc1. The smallest absolute Gasteiger partial charge is 0.272 e. The minimum absolute atomic E-state index is 1.02. The van der Waals surface area contributed by atoms with Crippen LogP contribution in [0.2, 0.25) is 0 Å². The van der Waals surface area contributed by atoms with Gasteiger partial charge in [0.1, 0.15) is 0 Å². The van der Waals surface area contributed by atoms with Gasteiger partial charge in [-0.2, -0.15) is 0 Å². The Morgan fingerprint density at radius 2 is 0.405 bits per heavy atom. The second-order valence-corrected chi connectivity index (χ2v) is 16.3. The lowest BCUT2D eigenvalue weighted by atomic mass is 10.3. The molecule has 6 rings (SSSR count). The van der Waals surface area contributed by atoms with Crippen molar-refractivity contribution < 1.29 is 19.7 Å². The Hall–Kier alpha value is -4.41. The summed E-state index contributed by atoms with van der Waals surface area (Å²) in [4.78, 5) is 0. The summed E-state index contributed by atoms with van der Waals surface area (Å²) >= 11 is 0. The first-order valence-corrected chi connectivity index (χ1v) is 17.6. The molecule has 0 saturated heterocycles. The minimum Gasteiger partial charge on any atom is -0.272 e. The average Bonchev–Trinajstić information content (AvgIpc) is 3.09. The third-order valence-electron chi connectivity index (χ3n) is 7.36. The van der Waals surface area contributed by atoms with Gasteiger partial charge in [-0.1, -0.05) is 182 Å². The van der Waals surface area contributed by atoms with E-state index in [1.807, 2.05) is 182 Å². The lowest BCUT2D eigenvalue weighted by molar-refractivity contribution is -0.144. The molecule has 0 bridgehead atoms. The van der Waals surface area contributed by atoms with Crippen molar-refractivity contribution in [1.29, 1.82) is 0 Å². The second kappa shape index (κ2) is 14.0. The van der Waals surface area contributed by atoms with Crippen LogP contribution in [0.3, 0.4) is 0 Å². The first kappa shape index (κ1) is 29.1. The van der Waals surface area contributed by atoms with Gasteiger partial charge in [-0.3, -0.25) is 19.7 Å². The number of rotatable bonds is 8. The highest BCUT2D eigenvalue weighted by Gasteiger charge is 2.44. The van der Waals surface area contributed by atoms with Crippen LogP contribution in [0.5, 0.6) is 0 Å². The van der Waals surface area contributed by atoms with Crippen LogP contribution in [0.15, 0.2) is 182 Å². The molecule has 0 aliphatic rings. The quantitative estimate of drug-likeness (QED) is 0.121. The van der Waals surface area contributed by atoms with Crippen molar-refractivity contribution in [3.8, 4) is 0 Å². The fourth-order valence-corrected chi connectivity index (χ4v) is 12.0. The molecule has 0 unspecified atom stereocenters. The molecule has 2 N–H and O–H groups in total. The summed E-state index contributed by atoms with van der Waals surface area (Å²) in [6, 6.07) is 59.7. The van der Waals surface area contributed by atoms with Crippen molar-refractivity contribution in [2.75, 3.05) is 0 Å². The van der Waals surface area contributed by atoms with E-state index in [1.165, 1.54) is 0 Å². The normalized spacial score (nSPS) is 11.3. The highest BCUT2D eigenvalue weighted by Crippen LogP contribution is 2.09. The lowest BCUT2D eigenvalue weighted by Gasteiger charge is -2.29. The van der Waals surface area contributed by atoms with Crippen LogP contribution in [0, 0.1) is 0 Å². The zero-order chi connectivity index (χ0) is 29.1. The van der Waals surface area contributed by atoms with Gasteiger partial charge in [0.05, 0.1) is 0 Å². The summed E-state index contributed by atoms with van der Waals surface area (Å²) in [6.07, 6.45) is 0. The van der Waals surface area contributed by atoms with Crippen molar-refractivity contribution in [3.63, 3.8) is 0 Å². The molecule has 0 fully saturated rings. The Morgan fingerprint density at radius 1 is 0.262 bits per heavy atom. The molecule has 0 aliphatic heterocycles. The van der Waals surface area contributed by atoms with Crippen molar-refractivity contribution in [3.05, 3.63) is 182 Å². The van der Waals surface area contributed by atoms with Gasteiger partial charge in [-0.25, -0.2) is 0 Å². The molecule has 0 aliphatic carbocycles. The molecule has 0 radical (unpaired) electrons. The Bertz CT molecular complexity index is 1300. The maximum absolute atomic E-state index is 9.90. The number of hydrogen-bond donors (Lipinski definition) is 2. The summed E-state index contributed by atoms with van der Waals surface area (Å²) in [7, 11) is -5.68. The van der Waals surface area contributed by atoms with E-state index in [2.05, 4.69) is 0 Å². The number of hydrogen-bond acceptors (Lipinski definition) is 4. The predicted octanol–water partition coefficient (Wildman–Crippen LogP) is 4.29. The molecule has 6 aromatic carbocycles. The van der Waals surface area contributed by atoms with E-state index in [4.69, 9.17) is 9.15 Å². The van der Waals surface area contributed by atoms with Gasteiger partial charge >= 0.3 is 16.6 Å². The molecule has 0 heterocycles. The van der Waals surface area contributed by atoms with Crippen molar-refractivity contribution in [2.45, 2.75) is 0 Å². The van der Waals surface area contributed by atoms with Crippen LogP contribution < -0.4 is 31.1 Å². The van der Waals surface area contributed by atoms with Crippen molar-refractivity contribution in [2.24, 2.45) is 0 Å². The summed E-state index contributed by atoms with van der Waals surface area (Å²) in [6.45, 7) is 0. The molecular weight excluding hydrogens is 553 g/mol. The fourth-order valence-electron chi connectivity index (χ4n) is 5.35. The Balaban J connectivity index is 0.000000168. The molecule has 0 aromatic heterocycles. The minimum atomic E-state index is -2.84. The molecule has 0 spiro atoms. The van der Waals surface area contributed by atoms with E-state index in [1.54, 1.807) is 0 Å². The Labute approximate surface area is 248 Å². The molecule has 6 heteroatoms. The van der Waals surface area contributed by atoms with Gasteiger partial charge in [0, 0.05) is 0 Å². The van der Waals surface area contributed by atoms with Crippen LogP contribution in [-0.2, 0) is 9.15 Å². The average molecular weight is 585 g/mol. The maximum Gasteiger partial charge on any atom is 0.331 e. The Morgan fingerprint density at radius 3 is 0.524 bits per heavy atom. The fraction of sp³-hybridized carbons (Fsp3) is 0. The zero-order valence-electron chi connectivity index (χ0n) is 23.0. The molecule has 0 amide bonds. The summed E-state index contributed by atoms with van der Waals surface area (Å²) in [5, 5.41) is 25.9. The van der Waals surface area contributed by atoms with Crippen LogP contribution in [0.1, 0.15) is 0 Å². The molecule has 42 heavy (non-hydrogen) atoms. The van der Waals surface area contributed by atoms with E-state index in [-0.39, 0.29) is 0 Å². The van der Waals surface area contributed by atoms with E-state index < -0.39 is 16.6 Å². The highest BCUT2D eigenvalue weighted by molar-refractivity contribution is 7.07. The Kier molecular flexibility index (Phi) is 9.68. The number of benzene rings is 6. The van der Waals surface area contributed by atoms with Crippen LogP contribution in [0.4, 0.5) is 0 Å². The molecule has 4 nitrogen and oxygen atoms in total. The standard InChI is InChI=1S/2C18H16O2Si/c2*19-20-21(16-10-4-1-5-11-16,17-12-6-2-7-13-17)18-14-8-3-9-15-18/h2*1-15,19H. The second-order valence-electron chi connectivity index (χ2n) is 9.74. The predicted molar refractivity (Wildman–Crippen MR) is 175 cm³/mol. The van der Waals surface area contributed by atoms with Crippen LogP contribution in [0.25, 0.3) is 0 Å². The van der Waals surface area contributed by atoms with Gasteiger partial charge < -0.3 is 0 Å². The van der Waals surface area contributed by atoms with E-state index >= 15 is 0 Å². The third-order valence-corrected chi connectivity index (χ3v) is 14.8. The van der Waals surface area contributed by atoms with Crippen LogP contribution >= 0.6 is 0 Å². The van der Waals surface area contributed by atoms with Crippen molar-refractivity contribution in [1.82, 2.24) is 0 Å². The van der Waals surface area contributed by atoms with Gasteiger partial charge in [0.15, 0.2) is 0 Å². The van der Waals surface area contributed by atoms with Crippen molar-refractivity contribution >= 4 is 47.8 Å². The largest absolute Gasteiger partial charge is 0.331 e. The topological polar surface area (TPSA) is 58.9 Å². The highest BCUT2D eigenvalue weighted by atomic mass is 28.4. The first-order chi connectivity index (χ1) is 20.8. The zero-order valence-corrected chi connectivity index (χ0v) is 25.0. The monoisotopic (exact) mass is 584 g/mol. The summed E-state index contributed by atoms with van der Waals surface area (Å²) < 4.78 is 10.5. The lowest BCUT2D eigenvalue weighted by Crippen LogP contribution is -2.68. The van der Waals surface area contributed by atoms with E-state index in [9.17, 15) is 10.5 Å². The molecule has 0 saturated carbocycles. The molecular formula is C36H32O4Si2. The van der Waals surface area contributed by atoms with Gasteiger partial charge in [-0.05, 0) is 31.1 Å². The van der Waals surface area contributed by atoms with Gasteiger partial charge in [0.25, 0.3) is 0 Å². The van der Waals surface area contributed by atoms with E-state index in [0.717, 1.165) is 31.1 Å². The van der Waals surface area contributed by atoms with Gasteiger partial charge in [0.2, 0.25) is 0 Å². The maximum atomic E-state index is 9.90. The van der Waals surface area contributed by atoms with E-state index in [0.29, 0.717) is 0 Å². The summed E-state index contributed by atoms with van der Waals surface area (Å²) in [5.41, 5.74) is 0. The van der Waals surface area contributed by atoms with Crippen LogP contribution in [-0.4, -0.2) is 27.1 Å². The summed E-state index contributed by atoms with van der Waals surface area (Å²) in [5.74, 6) is 0. The molecule has 208 valence electrons. The molecule has 6 aromatic rings.